The summed E-state index contributed by atoms with van der Waals surface area (Å²) in [4.78, 5) is 10.1. The molecule has 6 heteroatoms. The SMILES string of the molecule is NC(=O)CS(=O)(=O)CCI. The standard InChI is InChI=1S/C4H8INO3S/c5-1-2-10(8,9)3-4(6)7/h1-3H2,(H2,6,7). The number of amides is 1. The van der Waals surface area contributed by atoms with Gasteiger partial charge >= 0.3 is 0 Å². The highest BCUT2D eigenvalue weighted by Gasteiger charge is 2.12. The lowest BCUT2D eigenvalue weighted by molar-refractivity contribution is -0.115. The molecule has 0 saturated carbocycles. The highest BCUT2D eigenvalue weighted by molar-refractivity contribution is 14.1. The first-order valence-corrected chi connectivity index (χ1v) is 5.87. The summed E-state index contributed by atoms with van der Waals surface area (Å²) in [6.07, 6.45) is 0. The van der Waals surface area contributed by atoms with E-state index < -0.39 is 21.5 Å². The largest absolute Gasteiger partial charge is 0.369 e. The molecule has 0 rings (SSSR count). The number of halogens is 1. The summed E-state index contributed by atoms with van der Waals surface area (Å²) < 4.78 is 22.0. The molecular weight excluding hydrogens is 269 g/mol. The van der Waals surface area contributed by atoms with Gasteiger partial charge < -0.3 is 5.73 Å². The van der Waals surface area contributed by atoms with Gasteiger partial charge in [0.25, 0.3) is 0 Å². The van der Waals surface area contributed by atoms with Gasteiger partial charge in [0.15, 0.2) is 9.84 Å². The predicted octanol–water partition coefficient (Wildman–Crippen LogP) is -0.679. The van der Waals surface area contributed by atoms with Crippen molar-refractivity contribution in [3.8, 4) is 0 Å². The van der Waals surface area contributed by atoms with Gasteiger partial charge in [-0.1, -0.05) is 22.6 Å². The van der Waals surface area contributed by atoms with Crippen molar-refractivity contribution >= 4 is 38.3 Å². The zero-order valence-corrected chi connectivity index (χ0v) is 8.18. The van der Waals surface area contributed by atoms with Crippen LogP contribution in [-0.4, -0.2) is 30.3 Å². The highest BCUT2D eigenvalue weighted by atomic mass is 127. The maximum Gasteiger partial charge on any atom is 0.232 e. The number of sulfone groups is 1. The topological polar surface area (TPSA) is 77.2 Å². The lowest BCUT2D eigenvalue weighted by atomic mass is 10.8. The van der Waals surface area contributed by atoms with E-state index in [1.54, 1.807) is 0 Å². The monoisotopic (exact) mass is 277 g/mol. The van der Waals surface area contributed by atoms with Crippen molar-refractivity contribution in [1.82, 2.24) is 0 Å². The molecule has 0 heterocycles. The fraction of sp³-hybridized carbons (Fsp3) is 0.750. The van der Waals surface area contributed by atoms with Crippen LogP contribution in [0, 0.1) is 0 Å². The van der Waals surface area contributed by atoms with Gasteiger partial charge in [-0.2, -0.15) is 0 Å². The number of alkyl halides is 1. The minimum absolute atomic E-state index is 0.0243. The van der Waals surface area contributed by atoms with E-state index in [1.807, 2.05) is 22.6 Å². The number of nitrogens with two attached hydrogens (primary N) is 1. The molecule has 0 aromatic heterocycles. The van der Waals surface area contributed by atoms with Gasteiger partial charge in [0, 0.05) is 4.43 Å². The zero-order valence-electron chi connectivity index (χ0n) is 5.21. The van der Waals surface area contributed by atoms with Crippen molar-refractivity contribution in [3.63, 3.8) is 0 Å². The van der Waals surface area contributed by atoms with Crippen molar-refractivity contribution in [2.75, 3.05) is 15.9 Å². The minimum Gasteiger partial charge on any atom is -0.369 e. The van der Waals surface area contributed by atoms with E-state index in [0.717, 1.165) is 0 Å². The van der Waals surface area contributed by atoms with Gasteiger partial charge in [0.05, 0.1) is 5.75 Å². The van der Waals surface area contributed by atoms with E-state index in [2.05, 4.69) is 5.73 Å². The van der Waals surface area contributed by atoms with Gasteiger partial charge in [0.2, 0.25) is 5.91 Å². The Kier molecular flexibility index (Phi) is 4.18. The smallest absolute Gasteiger partial charge is 0.232 e. The van der Waals surface area contributed by atoms with Crippen LogP contribution in [0.2, 0.25) is 0 Å². The first-order chi connectivity index (χ1) is 4.48. The van der Waals surface area contributed by atoms with Crippen molar-refractivity contribution in [2.45, 2.75) is 0 Å². The second-order valence-corrected chi connectivity index (χ2v) is 5.01. The molecular formula is C4H8INO3S. The third-order valence-electron chi connectivity index (χ3n) is 0.750. The van der Waals surface area contributed by atoms with Gasteiger partial charge in [0.1, 0.15) is 5.75 Å². The summed E-state index contributed by atoms with van der Waals surface area (Å²) >= 11 is 1.93. The molecule has 0 unspecified atom stereocenters. The molecule has 0 spiro atoms. The van der Waals surface area contributed by atoms with E-state index >= 15 is 0 Å². The quantitative estimate of drug-likeness (QED) is 0.546. The molecule has 0 atom stereocenters. The summed E-state index contributed by atoms with van der Waals surface area (Å²) in [5.74, 6) is -1.29. The van der Waals surface area contributed by atoms with Crippen molar-refractivity contribution in [2.24, 2.45) is 5.73 Å². The third kappa shape index (κ3) is 4.98. The Hall–Kier alpha value is 0.150. The maximum atomic E-state index is 10.7. The Morgan fingerprint density at radius 1 is 1.50 bits per heavy atom. The molecule has 0 aliphatic rings. The van der Waals surface area contributed by atoms with E-state index in [1.165, 1.54) is 0 Å². The molecule has 1 amide bonds. The van der Waals surface area contributed by atoms with Crippen LogP contribution >= 0.6 is 22.6 Å². The fourth-order valence-electron chi connectivity index (χ4n) is 0.406. The Balaban J connectivity index is 4.02. The number of carbonyl (C=O) groups excluding carboxylic acids is 1. The lowest BCUT2D eigenvalue weighted by Crippen LogP contribution is -2.25. The Morgan fingerprint density at radius 2 is 2.00 bits per heavy atom. The number of hydrogen-bond acceptors (Lipinski definition) is 3. The van der Waals surface area contributed by atoms with E-state index in [-0.39, 0.29) is 5.75 Å². The second-order valence-electron chi connectivity index (χ2n) is 1.75. The van der Waals surface area contributed by atoms with Crippen molar-refractivity contribution in [1.29, 1.82) is 0 Å². The molecule has 0 radical (unpaired) electrons. The number of rotatable bonds is 4. The number of primary amides is 1. The van der Waals surface area contributed by atoms with Crippen molar-refractivity contribution in [3.05, 3.63) is 0 Å². The normalized spacial score (nSPS) is 11.3. The van der Waals surface area contributed by atoms with Crippen LogP contribution in [0.1, 0.15) is 0 Å². The molecule has 0 saturated heterocycles. The van der Waals surface area contributed by atoms with Crippen LogP contribution in [-0.2, 0) is 14.6 Å². The van der Waals surface area contributed by atoms with E-state index in [4.69, 9.17) is 0 Å². The van der Waals surface area contributed by atoms with E-state index in [0.29, 0.717) is 4.43 Å². The number of hydrogen-bond donors (Lipinski definition) is 1. The molecule has 0 aliphatic heterocycles. The van der Waals surface area contributed by atoms with Gasteiger partial charge in [-0.3, -0.25) is 4.79 Å². The fourth-order valence-corrected chi connectivity index (χ4v) is 3.23. The molecule has 60 valence electrons. The van der Waals surface area contributed by atoms with E-state index in [9.17, 15) is 13.2 Å². The van der Waals surface area contributed by atoms with Crippen LogP contribution in [0.3, 0.4) is 0 Å². The molecule has 4 nitrogen and oxygen atoms in total. The summed E-state index contributed by atoms with van der Waals surface area (Å²) in [6, 6.07) is 0. The maximum absolute atomic E-state index is 10.7. The second kappa shape index (κ2) is 4.12. The first-order valence-electron chi connectivity index (χ1n) is 2.52. The van der Waals surface area contributed by atoms with Crippen molar-refractivity contribution < 1.29 is 13.2 Å². The summed E-state index contributed by atoms with van der Waals surface area (Å²) in [7, 11) is -3.21. The van der Waals surface area contributed by atoms with Gasteiger partial charge in [-0.05, 0) is 0 Å². The molecule has 0 fully saturated rings. The molecule has 10 heavy (non-hydrogen) atoms. The van der Waals surface area contributed by atoms with Crippen LogP contribution in [0.4, 0.5) is 0 Å². The van der Waals surface area contributed by atoms with Gasteiger partial charge in [-0.25, -0.2) is 8.42 Å². The zero-order chi connectivity index (χ0) is 8.20. The van der Waals surface area contributed by atoms with Crippen LogP contribution in [0.25, 0.3) is 0 Å². The summed E-state index contributed by atoms with van der Waals surface area (Å²) in [5.41, 5.74) is 4.69. The molecule has 2 N–H and O–H groups in total. The Morgan fingerprint density at radius 3 is 2.30 bits per heavy atom. The summed E-state index contributed by atoms with van der Waals surface area (Å²) in [6.45, 7) is 0. The lowest BCUT2D eigenvalue weighted by Gasteiger charge is -1.95. The Labute approximate surface area is 73.2 Å². The average molecular weight is 277 g/mol. The van der Waals surface area contributed by atoms with Crippen LogP contribution in [0.5, 0.6) is 0 Å². The first kappa shape index (κ1) is 10.2. The number of carbonyl (C=O) groups is 1. The third-order valence-corrected chi connectivity index (χ3v) is 3.57. The van der Waals surface area contributed by atoms with Crippen LogP contribution in [0.15, 0.2) is 0 Å². The molecule has 0 aliphatic carbocycles. The highest BCUT2D eigenvalue weighted by Crippen LogP contribution is 1.92. The molecule has 0 bridgehead atoms. The molecule has 0 aromatic carbocycles. The van der Waals surface area contributed by atoms with Gasteiger partial charge in [-0.15, -0.1) is 0 Å². The van der Waals surface area contributed by atoms with Crippen LogP contribution < -0.4 is 5.73 Å². The average Bonchev–Trinajstić information content (AvgIpc) is 1.59. The Bertz CT molecular complexity index is 211. The summed E-state index contributed by atoms with van der Waals surface area (Å²) in [5, 5.41) is 0. The predicted molar refractivity (Wildman–Crippen MR) is 46.7 cm³/mol. The molecule has 0 aromatic rings. The minimum atomic E-state index is -3.21.